The summed E-state index contributed by atoms with van der Waals surface area (Å²) < 4.78 is 42.4. The predicted octanol–water partition coefficient (Wildman–Crippen LogP) is 7.34. The molecular formula is C21H17Br2F2Na2O3PS. The van der Waals surface area contributed by atoms with E-state index >= 15 is 0 Å². The molecule has 0 saturated heterocycles. The minimum absolute atomic E-state index is 0. The number of hydrogen-bond donors (Lipinski definition) is 1. The zero-order valence-corrected chi connectivity index (χ0v) is 26.4. The van der Waals surface area contributed by atoms with Gasteiger partial charge < -0.3 is 9.42 Å². The van der Waals surface area contributed by atoms with Crippen LogP contribution in [0.1, 0.15) is 11.1 Å². The van der Waals surface area contributed by atoms with Gasteiger partial charge in [0.05, 0.1) is 4.47 Å². The first-order valence-corrected chi connectivity index (χ1v) is 13.1. The van der Waals surface area contributed by atoms with Crippen LogP contribution in [0.3, 0.4) is 0 Å². The molecule has 0 fully saturated rings. The fraction of sp³-hybridized carbons (Fsp3) is 0.143. The van der Waals surface area contributed by atoms with Gasteiger partial charge in [0, 0.05) is 75.1 Å². The average Bonchev–Trinajstić information content (AvgIpc) is 2.71. The summed E-state index contributed by atoms with van der Waals surface area (Å²) in [4.78, 5) is 9.17. The van der Waals surface area contributed by atoms with Crippen LogP contribution < -0.4 is 4.52 Å². The van der Waals surface area contributed by atoms with E-state index in [4.69, 9.17) is 4.89 Å². The predicted molar refractivity (Wildman–Crippen MR) is 137 cm³/mol. The van der Waals surface area contributed by atoms with E-state index in [-0.39, 0.29) is 64.9 Å². The third kappa shape index (κ3) is 9.12. The van der Waals surface area contributed by atoms with Crippen LogP contribution >= 0.6 is 51.2 Å². The fourth-order valence-corrected chi connectivity index (χ4v) is 4.97. The van der Waals surface area contributed by atoms with Crippen molar-refractivity contribution in [1.29, 1.82) is 0 Å². The minimum atomic E-state index is -4.99. The van der Waals surface area contributed by atoms with Gasteiger partial charge in [0.2, 0.25) is 0 Å². The molecule has 32 heavy (non-hydrogen) atoms. The summed E-state index contributed by atoms with van der Waals surface area (Å²) in [6, 6.07) is 21.3. The van der Waals surface area contributed by atoms with Crippen LogP contribution in [-0.4, -0.2) is 70.2 Å². The van der Waals surface area contributed by atoms with E-state index in [1.54, 1.807) is 23.9 Å². The summed E-state index contributed by atoms with van der Waals surface area (Å²) in [6.07, 6.45) is -3.45. The first-order valence-electron chi connectivity index (χ1n) is 8.76. The second kappa shape index (κ2) is 14.4. The van der Waals surface area contributed by atoms with Crippen LogP contribution in [0.25, 0.3) is 11.1 Å². The largest absolute Gasteiger partial charge is 0.442 e. The van der Waals surface area contributed by atoms with Gasteiger partial charge in [0.15, 0.2) is 0 Å². The number of halogens is 4. The van der Waals surface area contributed by atoms with E-state index in [0.717, 1.165) is 26.9 Å². The third-order valence-corrected chi connectivity index (χ3v) is 7.32. The van der Waals surface area contributed by atoms with Crippen LogP contribution in [0.4, 0.5) is 8.78 Å². The van der Waals surface area contributed by atoms with Crippen molar-refractivity contribution < 1.29 is 22.8 Å². The van der Waals surface area contributed by atoms with Gasteiger partial charge in [0.25, 0.3) is 0 Å². The quantitative estimate of drug-likeness (QED) is 0.211. The second-order valence-electron chi connectivity index (χ2n) is 6.39. The molecule has 1 atom stereocenters. The Labute approximate surface area is 251 Å². The molecule has 0 amide bonds. The van der Waals surface area contributed by atoms with Crippen LogP contribution in [0.15, 0.2) is 75.7 Å². The monoisotopic (exact) mass is 622 g/mol. The van der Waals surface area contributed by atoms with E-state index in [1.165, 1.54) is 11.6 Å². The van der Waals surface area contributed by atoms with E-state index < -0.39 is 13.8 Å². The summed E-state index contributed by atoms with van der Waals surface area (Å²) in [7, 11) is -4.99. The van der Waals surface area contributed by atoms with Crippen molar-refractivity contribution >= 4 is 110 Å². The molecule has 0 bridgehead atoms. The molecule has 2 radical (unpaired) electrons. The molecule has 1 N–H and O–H groups in total. The van der Waals surface area contributed by atoms with Crippen molar-refractivity contribution in [3.8, 4) is 16.9 Å². The number of benzene rings is 3. The Kier molecular flexibility index (Phi) is 13.9. The maximum atomic E-state index is 12.5. The molecule has 0 aliphatic rings. The molecule has 3 rings (SSSR count). The Morgan fingerprint density at radius 1 is 0.875 bits per heavy atom. The molecule has 11 heteroatoms. The van der Waals surface area contributed by atoms with Gasteiger partial charge in [-0.2, -0.15) is 20.5 Å². The second-order valence-corrected chi connectivity index (χ2v) is 10.9. The van der Waals surface area contributed by atoms with Crippen LogP contribution in [-0.2, 0) is 16.1 Å². The molecule has 160 valence electrons. The van der Waals surface area contributed by atoms with Crippen molar-refractivity contribution in [3.05, 3.63) is 86.8 Å². The van der Waals surface area contributed by atoms with Crippen LogP contribution in [0, 0.1) is 0 Å². The number of alkyl halides is 2. The fourth-order valence-electron chi connectivity index (χ4n) is 2.61. The number of thioether (sulfide) groups is 1. The first-order chi connectivity index (χ1) is 14.2. The maximum absolute atomic E-state index is 12.5. The van der Waals surface area contributed by atoms with Gasteiger partial charge in [-0.05, 0) is 62.4 Å². The SMILES string of the molecule is O=P(O)(Oc1ccc(CSCc2ccc(-c3ccc(Br)cc3)cc2)cc1Br)C(F)F.[Na].[Na]. The average molecular weight is 624 g/mol. The summed E-state index contributed by atoms with van der Waals surface area (Å²) in [5.41, 5.74) is 4.44. The first kappa shape index (κ1) is 30.9. The molecule has 1 unspecified atom stereocenters. The van der Waals surface area contributed by atoms with E-state index in [1.807, 2.05) is 12.1 Å². The van der Waals surface area contributed by atoms with E-state index in [0.29, 0.717) is 10.2 Å². The molecule has 0 aliphatic carbocycles. The van der Waals surface area contributed by atoms with Gasteiger partial charge >= 0.3 is 13.8 Å². The Morgan fingerprint density at radius 2 is 1.38 bits per heavy atom. The molecule has 0 spiro atoms. The number of hydrogen-bond acceptors (Lipinski definition) is 3. The molecule has 0 heterocycles. The summed E-state index contributed by atoms with van der Waals surface area (Å²) in [6.45, 7) is 0. The molecular weight excluding hydrogens is 607 g/mol. The van der Waals surface area contributed by atoms with Crippen molar-refractivity contribution in [1.82, 2.24) is 0 Å². The van der Waals surface area contributed by atoms with E-state index in [2.05, 4.69) is 72.8 Å². The molecule has 3 aromatic carbocycles. The standard InChI is InChI=1S/C21H17Br2F2O3PS.2Na/c22-18-8-6-17(7-9-18)16-4-1-14(2-5-16)12-30-13-15-3-10-20(19(23)11-15)28-29(26,27)21(24)25;;/h1-11,21H,12-13H2,(H,26,27);;. The van der Waals surface area contributed by atoms with Crippen LogP contribution in [0.2, 0.25) is 0 Å². The molecule has 0 aromatic heterocycles. The number of rotatable bonds is 8. The topological polar surface area (TPSA) is 46.5 Å². The summed E-state index contributed by atoms with van der Waals surface area (Å²) in [5.74, 6) is 1.42. The molecule has 0 aliphatic heterocycles. The minimum Gasteiger partial charge on any atom is -0.420 e. The van der Waals surface area contributed by atoms with Gasteiger partial charge in [-0.15, -0.1) is 0 Å². The Balaban J connectivity index is 0.00000256. The van der Waals surface area contributed by atoms with E-state index in [9.17, 15) is 13.3 Å². The summed E-state index contributed by atoms with van der Waals surface area (Å²) in [5, 5.41) is 0. The van der Waals surface area contributed by atoms with Gasteiger partial charge in [-0.25, -0.2) is 4.57 Å². The van der Waals surface area contributed by atoms with Crippen molar-refractivity contribution in [2.75, 3.05) is 0 Å². The van der Waals surface area contributed by atoms with Gasteiger partial charge in [0.1, 0.15) is 5.75 Å². The van der Waals surface area contributed by atoms with Gasteiger partial charge in [-0.3, -0.25) is 0 Å². The Morgan fingerprint density at radius 3 is 1.91 bits per heavy atom. The van der Waals surface area contributed by atoms with Gasteiger partial charge in [-0.1, -0.05) is 58.4 Å². The zero-order valence-electron chi connectivity index (χ0n) is 17.5. The molecule has 3 nitrogen and oxygen atoms in total. The van der Waals surface area contributed by atoms with Crippen LogP contribution in [0.5, 0.6) is 5.75 Å². The third-order valence-electron chi connectivity index (χ3n) is 4.14. The Bertz CT molecular complexity index is 1060. The van der Waals surface area contributed by atoms with Crippen molar-refractivity contribution in [2.45, 2.75) is 17.7 Å². The zero-order chi connectivity index (χ0) is 21.7. The molecule has 3 aromatic rings. The van der Waals surface area contributed by atoms with Crippen molar-refractivity contribution in [2.24, 2.45) is 0 Å². The summed E-state index contributed by atoms with van der Waals surface area (Å²) >= 11 is 8.35. The molecule has 0 saturated carbocycles. The Hall–Kier alpha value is 0.820. The normalized spacial score (nSPS) is 12.4. The maximum Gasteiger partial charge on any atom is 0.442 e. The van der Waals surface area contributed by atoms with Crippen molar-refractivity contribution in [3.63, 3.8) is 0 Å². The smallest absolute Gasteiger partial charge is 0.420 e.